The zero-order valence-corrected chi connectivity index (χ0v) is 23.7. The van der Waals surface area contributed by atoms with Crippen molar-refractivity contribution in [1.29, 1.82) is 0 Å². The highest BCUT2D eigenvalue weighted by Crippen LogP contribution is 2.31. The first kappa shape index (κ1) is 30.2. The lowest BCUT2D eigenvalue weighted by Crippen LogP contribution is -2.49. The summed E-state index contributed by atoms with van der Waals surface area (Å²) in [6.07, 6.45) is 2.49. The Morgan fingerprint density at radius 2 is 1.72 bits per heavy atom. The van der Waals surface area contributed by atoms with Crippen LogP contribution in [0.25, 0.3) is 0 Å². The number of carbonyl (C=O) groups excluding carboxylic acids is 2. The molecule has 0 spiro atoms. The van der Waals surface area contributed by atoms with Gasteiger partial charge in [0.1, 0.15) is 6.04 Å². The van der Waals surface area contributed by atoms with Crippen LogP contribution in [0.2, 0.25) is 15.1 Å². The van der Waals surface area contributed by atoms with Crippen molar-refractivity contribution in [2.75, 3.05) is 23.7 Å². The van der Waals surface area contributed by atoms with E-state index in [4.69, 9.17) is 34.8 Å². The van der Waals surface area contributed by atoms with Gasteiger partial charge in [-0.25, -0.2) is 8.42 Å². The fraction of sp³-hybridized carbons (Fsp3) is 0.440. The Kier molecular flexibility index (Phi) is 11.8. The summed E-state index contributed by atoms with van der Waals surface area (Å²) in [4.78, 5) is 27.8. The van der Waals surface area contributed by atoms with Gasteiger partial charge in [-0.05, 0) is 49.1 Å². The number of nitrogens with zero attached hydrogens (tertiary/aromatic N) is 2. The summed E-state index contributed by atoms with van der Waals surface area (Å²) in [7, 11) is -3.69. The van der Waals surface area contributed by atoms with E-state index in [0.717, 1.165) is 22.5 Å². The highest BCUT2D eigenvalue weighted by molar-refractivity contribution is 7.92. The molecular formula is C25H32Cl3N3O4S. The third-order valence-electron chi connectivity index (χ3n) is 5.56. The molecule has 1 atom stereocenters. The van der Waals surface area contributed by atoms with Crippen LogP contribution in [0.15, 0.2) is 42.5 Å². The van der Waals surface area contributed by atoms with Crippen molar-refractivity contribution in [2.24, 2.45) is 0 Å². The fourth-order valence-electron chi connectivity index (χ4n) is 3.76. The Balaban J connectivity index is 2.25. The molecule has 36 heavy (non-hydrogen) atoms. The molecule has 7 nitrogen and oxygen atoms in total. The van der Waals surface area contributed by atoms with Crippen molar-refractivity contribution in [3.8, 4) is 0 Å². The fourth-order valence-corrected chi connectivity index (χ4v) is 5.36. The molecule has 2 aromatic carbocycles. The van der Waals surface area contributed by atoms with Crippen LogP contribution in [0.3, 0.4) is 0 Å². The third-order valence-corrected chi connectivity index (χ3v) is 7.67. The average molecular weight is 577 g/mol. The molecule has 1 N–H and O–H groups in total. The van der Waals surface area contributed by atoms with Crippen LogP contribution in [-0.2, 0) is 26.2 Å². The molecule has 2 aromatic rings. The van der Waals surface area contributed by atoms with Gasteiger partial charge in [-0.2, -0.15) is 0 Å². The monoisotopic (exact) mass is 575 g/mol. The molecule has 0 fully saturated rings. The molecule has 0 radical (unpaired) electrons. The lowest BCUT2D eigenvalue weighted by atomic mass is 10.1. The zero-order valence-electron chi connectivity index (χ0n) is 20.6. The molecule has 0 bridgehead atoms. The second-order valence-corrected chi connectivity index (χ2v) is 11.5. The highest BCUT2D eigenvalue weighted by Gasteiger charge is 2.29. The predicted molar refractivity (Wildman–Crippen MR) is 147 cm³/mol. The second kappa shape index (κ2) is 14.1. The summed E-state index contributed by atoms with van der Waals surface area (Å²) >= 11 is 18.6. The highest BCUT2D eigenvalue weighted by atomic mass is 35.5. The maximum Gasteiger partial charge on any atom is 0.242 e. The first-order valence-electron chi connectivity index (χ1n) is 11.7. The van der Waals surface area contributed by atoms with Gasteiger partial charge in [0.05, 0.1) is 17.0 Å². The van der Waals surface area contributed by atoms with E-state index in [0.29, 0.717) is 23.0 Å². The molecular weight excluding hydrogens is 545 g/mol. The van der Waals surface area contributed by atoms with Crippen LogP contribution in [0.5, 0.6) is 0 Å². The number of amides is 2. The second-order valence-electron chi connectivity index (χ2n) is 8.36. The Labute approximate surface area is 228 Å². The van der Waals surface area contributed by atoms with E-state index in [1.54, 1.807) is 18.2 Å². The maximum absolute atomic E-state index is 13.4. The van der Waals surface area contributed by atoms with Gasteiger partial charge in [0, 0.05) is 36.1 Å². The van der Waals surface area contributed by atoms with E-state index in [-0.39, 0.29) is 48.5 Å². The van der Waals surface area contributed by atoms with Gasteiger partial charge in [-0.1, -0.05) is 66.8 Å². The van der Waals surface area contributed by atoms with E-state index in [1.165, 1.54) is 17.0 Å². The standard InChI is InChI=1S/C25H32Cl3N3O4S/c1-4-14-29-25(33)22(5-2)30(17-18-9-6-7-10-20(18)27)24(32)11-8-15-31(36(3,34)35)23-16-19(26)12-13-21(23)28/h6-7,9-10,12-13,16,22H,4-5,8,11,14-15,17H2,1-3H3,(H,29,33). The van der Waals surface area contributed by atoms with Crippen LogP contribution >= 0.6 is 34.8 Å². The van der Waals surface area contributed by atoms with Gasteiger partial charge in [0.15, 0.2) is 0 Å². The number of anilines is 1. The van der Waals surface area contributed by atoms with Gasteiger partial charge < -0.3 is 10.2 Å². The largest absolute Gasteiger partial charge is 0.354 e. The number of rotatable bonds is 13. The first-order chi connectivity index (χ1) is 17.0. The minimum atomic E-state index is -3.69. The maximum atomic E-state index is 13.4. The van der Waals surface area contributed by atoms with E-state index in [9.17, 15) is 18.0 Å². The Hall–Kier alpha value is -2.00. The molecule has 0 heterocycles. The third kappa shape index (κ3) is 8.54. The SMILES string of the molecule is CCCNC(=O)C(CC)N(Cc1ccccc1Cl)C(=O)CCCN(c1cc(Cl)ccc1Cl)S(C)(=O)=O. The molecule has 198 valence electrons. The molecule has 2 rings (SSSR count). The summed E-state index contributed by atoms with van der Waals surface area (Å²) < 4.78 is 26.1. The normalized spacial score (nSPS) is 12.2. The number of nitrogens with one attached hydrogen (secondary N) is 1. The molecule has 0 aromatic heterocycles. The Bertz CT molecular complexity index is 1160. The molecule has 0 aliphatic heterocycles. The van der Waals surface area contributed by atoms with Crippen molar-refractivity contribution in [1.82, 2.24) is 10.2 Å². The number of hydrogen-bond acceptors (Lipinski definition) is 4. The average Bonchev–Trinajstić information content (AvgIpc) is 2.82. The summed E-state index contributed by atoms with van der Waals surface area (Å²) in [5.41, 5.74) is 0.968. The molecule has 0 aliphatic rings. The number of hydrogen-bond donors (Lipinski definition) is 1. The number of sulfonamides is 1. The zero-order chi connectivity index (χ0) is 26.9. The molecule has 0 saturated carbocycles. The van der Waals surface area contributed by atoms with Crippen molar-refractivity contribution >= 4 is 62.3 Å². The van der Waals surface area contributed by atoms with Gasteiger partial charge in [-0.15, -0.1) is 0 Å². The van der Waals surface area contributed by atoms with Crippen LogP contribution in [-0.4, -0.2) is 50.5 Å². The molecule has 0 aliphatic carbocycles. The van der Waals surface area contributed by atoms with Crippen LogP contribution in [0.1, 0.15) is 45.1 Å². The molecule has 2 amide bonds. The number of halogens is 3. The summed E-state index contributed by atoms with van der Waals surface area (Å²) in [5, 5.41) is 3.94. The molecule has 0 saturated heterocycles. The van der Waals surface area contributed by atoms with Crippen LogP contribution in [0, 0.1) is 0 Å². The van der Waals surface area contributed by atoms with E-state index >= 15 is 0 Å². The Morgan fingerprint density at radius 3 is 2.33 bits per heavy atom. The minimum Gasteiger partial charge on any atom is -0.354 e. The van der Waals surface area contributed by atoms with E-state index in [1.807, 2.05) is 26.0 Å². The lowest BCUT2D eigenvalue weighted by Gasteiger charge is -2.31. The molecule has 1 unspecified atom stereocenters. The van der Waals surface area contributed by atoms with Crippen molar-refractivity contribution in [2.45, 2.75) is 52.1 Å². The lowest BCUT2D eigenvalue weighted by molar-refractivity contribution is -0.141. The van der Waals surface area contributed by atoms with Crippen LogP contribution in [0.4, 0.5) is 5.69 Å². The predicted octanol–water partition coefficient (Wildman–Crippen LogP) is 5.53. The summed E-state index contributed by atoms with van der Waals surface area (Å²) in [6, 6.07) is 11.0. The van der Waals surface area contributed by atoms with Gasteiger partial charge in [0.25, 0.3) is 0 Å². The quantitative estimate of drug-likeness (QED) is 0.340. The van der Waals surface area contributed by atoms with Gasteiger partial charge in [-0.3, -0.25) is 13.9 Å². The number of carbonyl (C=O) groups is 2. The topological polar surface area (TPSA) is 86.8 Å². The smallest absolute Gasteiger partial charge is 0.242 e. The first-order valence-corrected chi connectivity index (χ1v) is 14.7. The van der Waals surface area contributed by atoms with Crippen molar-refractivity contribution in [3.05, 3.63) is 63.1 Å². The molecule has 11 heteroatoms. The van der Waals surface area contributed by atoms with E-state index in [2.05, 4.69) is 5.32 Å². The summed E-state index contributed by atoms with van der Waals surface area (Å²) in [5.74, 6) is -0.512. The Morgan fingerprint density at radius 1 is 1.03 bits per heavy atom. The number of benzene rings is 2. The van der Waals surface area contributed by atoms with E-state index < -0.39 is 16.1 Å². The van der Waals surface area contributed by atoms with Crippen LogP contribution < -0.4 is 9.62 Å². The summed E-state index contributed by atoms with van der Waals surface area (Å²) in [6.45, 7) is 4.48. The van der Waals surface area contributed by atoms with Gasteiger partial charge >= 0.3 is 0 Å². The van der Waals surface area contributed by atoms with Crippen molar-refractivity contribution in [3.63, 3.8) is 0 Å². The van der Waals surface area contributed by atoms with Gasteiger partial charge in [0.2, 0.25) is 21.8 Å². The van der Waals surface area contributed by atoms with Crippen molar-refractivity contribution < 1.29 is 18.0 Å². The minimum absolute atomic E-state index is 0.0173.